The number of fused-ring (bicyclic) bond motifs is 2. The third-order valence-electron chi connectivity index (χ3n) is 3.49. The predicted octanol–water partition coefficient (Wildman–Crippen LogP) is 1.21. The second-order valence-corrected chi connectivity index (χ2v) is 4.99. The molecule has 0 amide bonds. The molecule has 2 unspecified atom stereocenters. The van der Waals surface area contributed by atoms with Gasteiger partial charge in [0, 0.05) is 24.7 Å². The number of nitrogens with two attached hydrogens (primary N) is 1. The first kappa shape index (κ1) is 8.52. The Balaban J connectivity index is 2.06. The van der Waals surface area contributed by atoms with Crippen LogP contribution in [-0.2, 0) is 0 Å². The summed E-state index contributed by atoms with van der Waals surface area (Å²) in [5.41, 5.74) is 6.46. The molecule has 1 saturated heterocycles. The highest BCUT2D eigenvalue weighted by Gasteiger charge is 2.42. The molecule has 0 aromatic heterocycles. The van der Waals surface area contributed by atoms with E-state index in [1.165, 1.54) is 25.8 Å². The fraction of sp³-hybridized carbons (Fsp3) is 1.00. The van der Waals surface area contributed by atoms with Gasteiger partial charge in [0.15, 0.2) is 0 Å². The standard InChI is InChI=1S/C10H20N2/c1-8(2)12-6-9-3-4-10(11,5-9)7-12/h8-9H,3-7,11H2,1-2H3. The third-order valence-corrected chi connectivity index (χ3v) is 3.49. The molecule has 1 heterocycles. The average Bonchev–Trinajstić information content (AvgIpc) is 2.25. The maximum atomic E-state index is 6.29. The molecule has 2 bridgehead atoms. The minimum absolute atomic E-state index is 0.174. The maximum absolute atomic E-state index is 6.29. The molecular formula is C10H20N2. The van der Waals surface area contributed by atoms with E-state index < -0.39 is 0 Å². The molecule has 2 N–H and O–H groups in total. The number of hydrogen-bond acceptors (Lipinski definition) is 2. The molecule has 70 valence electrons. The normalized spacial score (nSPS) is 42.5. The Bertz CT molecular complexity index is 179. The second kappa shape index (κ2) is 2.71. The number of rotatable bonds is 1. The maximum Gasteiger partial charge on any atom is 0.0286 e. The third kappa shape index (κ3) is 1.38. The van der Waals surface area contributed by atoms with Crippen LogP contribution in [0.1, 0.15) is 33.1 Å². The summed E-state index contributed by atoms with van der Waals surface area (Å²) in [7, 11) is 0. The predicted molar refractivity (Wildman–Crippen MR) is 51.0 cm³/mol. The summed E-state index contributed by atoms with van der Waals surface area (Å²) in [5, 5.41) is 0. The largest absolute Gasteiger partial charge is 0.324 e. The monoisotopic (exact) mass is 168 g/mol. The summed E-state index contributed by atoms with van der Waals surface area (Å²) in [4.78, 5) is 2.54. The molecule has 2 aliphatic rings. The Hall–Kier alpha value is -0.0800. The fourth-order valence-electron chi connectivity index (χ4n) is 2.76. The van der Waals surface area contributed by atoms with E-state index in [2.05, 4.69) is 18.7 Å². The summed E-state index contributed by atoms with van der Waals surface area (Å²) >= 11 is 0. The van der Waals surface area contributed by atoms with Gasteiger partial charge < -0.3 is 5.73 Å². The molecule has 1 saturated carbocycles. The first-order valence-electron chi connectivity index (χ1n) is 5.12. The molecule has 2 rings (SSSR count). The lowest BCUT2D eigenvalue weighted by Gasteiger charge is -2.40. The van der Waals surface area contributed by atoms with Crippen LogP contribution in [-0.4, -0.2) is 29.6 Å². The van der Waals surface area contributed by atoms with Crippen LogP contribution < -0.4 is 5.73 Å². The van der Waals surface area contributed by atoms with Crippen molar-refractivity contribution in [1.29, 1.82) is 0 Å². The molecule has 0 radical (unpaired) electrons. The van der Waals surface area contributed by atoms with E-state index in [0.717, 1.165) is 12.5 Å². The number of hydrogen-bond donors (Lipinski definition) is 1. The zero-order valence-corrected chi connectivity index (χ0v) is 8.21. The Labute approximate surface area is 75.1 Å². The summed E-state index contributed by atoms with van der Waals surface area (Å²) in [6.45, 7) is 6.96. The van der Waals surface area contributed by atoms with Crippen molar-refractivity contribution in [2.45, 2.75) is 44.7 Å². The minimum Gasteiger partial charge on any atom is -0.324 e. The van der Waals surface area contributed by atoms with Crippen molar-refractivity contribution < 1.29 is 0 Å². The lowest BCUT2D eigenvalue weighted by molar-refractivity contribution is 0.117. The van der Waals surface area contributed by atoms with Crippen molar-refractivity contribution in [3.63, 3.8) is 0 Å². The van der Waals surface area contributed by atoms with Gasteiger partial charge in [0.2, 0.25) is 0 Å². The molecular weight excluding hydrogens is 148 g/mol. The first-order valence-corrected chi connectivity index (χ1v) is 5.12. The van der Waals surface area contributed by atoms with Crippen LogP contribution in [0.3, 0.4) is 0 Å². The van der Waals surface area contributed by atoms with Crippen molar-refractivity contribution in [2.24, 2.45) is 11.7 Å². The van der Waals surface area contributed by atoms with Crippen molar-refractivity contribution in [1.82, 2.24) is 4.90 Å². The summed E-state index contributed by atoms with van der Waals surface area (Å²) < 4.78 is 0. The highest BCUT2D eigenvalue weighted by Crippen LogP contribution is 2.38. The average molecular weight is 168 g/mol. The number of piperidine rings is 1. The highest BCUT2D eigenvalue weighted by atomic mass is 15.2. The van der Waals surface area contributed by atoms with Crippen LogP contribution in [0.25, 0.3) is 0 Å². The van der Waals surface area contributed by atoms with E-state index in [1.54, 1.807) is 0 Å². The summed E-state index contributed by atoms with van der Waals surface area (Å²) in [5.74, 6) is 0.895. The summed E-state index contributed by atoms with van der Waals surface area (Å²) in [6, 6.07) is 0.675. The molecule has 2 fully saturated rings. The highest BCUT2D eigenvalue weighted by molar-refractivity contribution is 5.01. The Morgan fingerprint density at radius 2 is 2.25 bits per heavy atom. The first-order chi connectivity index (χ1) is 5.59. The Kier molecular flexibility index (Phi) is 1.92. The van der Waals surface area contributed by atoms with Gasteiger partial charge in [-0.3, -0.25) is 4.90 Å². The van der Waals surface area contributed by atoms with Gasteiger partial charge in [0.1, 0.15) is 0 Å². The number of likely N-dealkylation sites (tertiary alicyclic amines) is 1. The van der Waals surface area contributed by atoms with Crippen molar-refractivity contribution in [3.8, 4) is 0 Å². The molecule has 2 atom stereocenters. The molecule has 2 heteroatoms. The molecule has 1 aliphatic carbocycles. The van der Waals surface area contributed by atoms with Crippen LogP contribution in [0.4, 0.5) is 0 Å². The lowest BCUT2D eigenvalue weighted by Crippen LogP contribution is -2.54. The van der Waals surface area contributed by atoms with E-state index in [1.807, 2.05) is 0 Å². The number of nitrogens with zero attached hydrogens (tertiary/aromatic N) is 1. The molecule has 12 heavy (non-hydrogen) atoms. The van der Waals surface area contributed by atoms with Crippen molar-refractivity contribution in [3.05, 3.63) is 0 Å². The van der Waals surface area contributed by atoms with Crippen molar-refractivity contribution in [2.75, 3.05) is 13.1 Å². The zero-order chi connectivity index (χ0) is 8.77. The van der Waals surface area contributed by atoms with Crippen LogP contribution >= 0.6 is 0 Å². The van der Waals surface area contributed by atoms with E-state index in [9.17, 15) is 0 Å². The Morgan fingerprint density at radius 3 is 2.83 bits per heavy atom. The van der Waals surface area contributed by atoms with Crippen LogP contribution in [0.15, 0.2) is 0 Å². The molecule has 1 aliphatic heterocycles. The minimum atomic E-state index is 0.174. The van der Waals surface area contributed by atoms with E-state index in [0.29, 0.717) is 6.04 Å². The smallest absolute Gasteiger partial charge is 0.0286 e. The van der Waals surface area contributed by atoms with Crippen molar-refractivity contribution >= 4 is 0 Å². The van der Waals surface area contributed by atoms with Gasteiger partial charge in [-0.1, -0.05) is 0 Å². The van der Waals surface area contributed by atoms with E-state index >= 15 is 0 Å². The van der Waals surface area contributed by atoms with Crippen LogP contribution in [0, 0.1) is 5.92 Å². The van der Waals surface area contributed by atoms with Gasteiger partial charge in [-0.15, -0.1) is 0 Å². The molecule has 0 spiro atoms. The lowest BCUT2D eigenvalue weighted by atomic mass is 9.91. The topological polar surface area (TPSA) is 29.3 Å². The van der Waals surface area contributed by atoms with Crippen LogP contribution in [0.2, 0.25) is 0 Å². The van der Waals surface area contributed by atoms with Crippen LogP contribution in [0.5, 0.6) is 0 Å². The van der Waals surface area contributed by atoms with E-state index in [-0.39, 0.29) is 5.54 Å². The molecule has 0 aromatic rings. The van der Waals surface area contributed by atoms with Gasteiger partial charge in [0.05, 0.1) is 0 Å². The fourth-order valence-corrected chi connectivity index (χ4v) is 2.76. The van der Waals surface area contributed by atoms with Gasteiger partial charge in [-0.25, -0.2) is 0 Å². The van der Waals surface area contributed by atoms with E-state index in [4.69, 9.17) is 5.73 Å². The Morgan fingerprint density at radius 1 is 1.50 bits per heavy atom. The second-order valence-electron chi connectivity index (χ2n) is 4.99. The SMILES string of the molecule is CC(C)N1CC2CCC(N)(C2)C1. The van der Waals surface area contributed by atoms with Gasteiger partial charge in [-0.2, -0.15) is 0 Å². The zero-order valence-electron chi connectivity index (χ0n) is 8.21. The van der Waals surface area contributed by atoms with Gasteiger partial charge in [0.25, 0.3) is 0 Å². The molecule has 2 nitrogen and oxygen atoms in total. The quantitative estimate of drug-likeness (QED) is 0.637. The summed E-state index contributed by atoms with van der Waals surface area (Å²) in [6.07, 6.45) is 3.89. The van der Waals surface area contributed by atoms with Gasteiger partial charge in [-0.05, 0) is 39.0 Å². The van der Waals surface area contributed by atoms with Gasteiger partial charge >= 0.3 is 0 Å². The molecule has 0 aromatic carbocycles.